The number of rotatable bonds is 4. The molecule has 4 rings (SSSR count). The molecule has 1 aromatic heterocycles. The number of anilines is 3. The molecule has 0 bridgehead atoms. The molecule has 3 aromatic carbocycles. The van der Waals surface area contributed by atoms with E-state index in [1.54, 1.807) is 0 Å². The molecule has 138 valence electrons. The Morgan fingerprint density at radius 2 is 1.11 bits per heavy atom. The van der Waals surface area contributed by atoms with Gasteiger partial charge in [0.25, 0.3) is 0 Å². The highest BCUT2D eigenvalue weighted by molar-refractivity contribution is 5.79. The summed E-state index contributed by atoms with van der Waals surface area (Å²) in [6.45, 7) is 0. The zero-order valence-electron chi connectivity index (χ0n) is 15.2. The minimum atomic E-state index is 0.510. The van der Waals surface area contributed by atoms with Crippen LogP contribution in [-0.4, -0.2) is 4.98 Å². The predicted molar refractivity (Wildman–Crippen MR) is 116 cm³/mol. The van der Waals surface area contributed by atoms with Gasteiger partial charge >= 0.3 is 0 Å². The van der Waals surface area contributed by atoms with E-state index in [2.05, 4.69) is 0 Å². The second-order valence-electron chi connectivity index (χ2n) is 6.47. The van der Waals surface area contributed by atoms with Crippen LogP contribution in [0.5, 0.6) is 0 Å². The third kappa shape index (κ3) is 3.73. The fraction of sp³-hybridized carbons (Fsp3) is 0. The van der Waals surface area contributed by atoms with Crippen LogP contribution < -0.4 is 17.2 Å². The van der Waals surface area contributed by atoms with Gasteiger partial charge in [-0.15, -0.1) is 0 Å². The van der Waals surface area contributed by atoms with Gasteiger partial charge in [-0.3, -0.25) is 0 Å². The van der Waals surface area contributed by atoms with Crippen LogP contribution in [0.4, 0.5) is 17.1 Å². The van der Waals surface area contributed by atoms with E-state index in [0.717, 1.165) is 28.1 Å². The number of nitrogen functional groups attached to an aromatic ring is 3. The quantitative estimate of drug-likeness (QED) is 0.443. The summed E-state index contributed by atoms with van der Waals surface area (Å²) >= 11 is 0. The lowest BCUT2D eigenvalue weighted by Crippen LogP contribution is -1.87. The van der Waals surface area contributed by atoms with Crippen molar-refractivity contribution in [1.29, 1.82) is 0 Å². The molecule has 0 fully saturated rings. The van der Waals surface area contributed by atoms with Gasteiger partial charge in [0.05, 0.1) is 0 Å². The van der Waals surface area contributed by atoms with E-state index >= 15 is 0 Å². The number of hydrogen-bond acceptors (Lipinski definition) is 5. The SMILES string of the molecule is Nc1ccc(C=Cc2nc(-c3ccc(N)cc3)c(-c3ccc(N)cc3)o2)cc1. The van der Waals surface area contributed by atoms with E-state index in [1.807, 2.05) is 84.9 Å². The first kappa shape index (κ1) is 17.4. The first-order valence-corrected chi connectivity index (χ1v) is 8.85. The summed E-state index contributed by atoms with van der Waals surface area (Å²) in [6.07, 6.45) is 3.78. The van der Waals surface area contributed by atoms with Crippen molar-refractivity contribution in [2.45, 2.75) is 0 Å². The molecule has 0 amide bonds. The van der Waals surface area contributed by atoms with Gasteiger partial charge in [-0.1, -0.05) is 24.3 Å². The zero-order chi connectivity index (χ0) is 19.5. The number of nitrogens with two attached hydrogens (primary N) is 3. The highest BCUT2D eigenvalue weighted by atomic mass is 16.4. The minimum absolute atomic E-state index is 0.510. The van der Waals surface area contributed by atoms with Crippen LogP contribution in [0.15, 0.2) is 77.2 Å². The van der Waals surface area contributed by atoms with Crippen molar-refractivity contribution in [2.24, 2.45) is 0 Å². The van der Waals surface area contributed by atoms with E-state index in [4.69, 9.17) is 26.6 Å². The highest BCUT2D eigenvalue weighted by Gasteiger charge is 2.16. The third-order valence-corrected chi connectivity index (χ3v) is 4.36. The number of hydrogen-bond donors (Lipinski definition) is 3. The Morgan fingerprint density at radius 1 is 0.607 bits per heavy atom. The molecule has 0 radical (unpaired) electrons. The smallest absolute Gasteiger partial charge is 0.220 e. The summed E-state index contributed by atoms with van der Waals surface area (Å²) in [7, 11) is 0. The maximum Gasteiger partial charge on any atom is 0.220 e. The van der Waals surface area contributed by atoms with Crippen LogP contribution in [0.25, 0.3) is 34.7 Å². The molecule has 1 heterocycles. The van der Waals surface area contributed by atoms with Gasteiger partial charge in [-0.2, -0.15) is 0 Å². The lowest BCUT2D eigenvalue weighted by atomic mass is 10.1. The van der Waals surface area contributed by atoms with Crippen LogP contribution in [0, 0.1) is 0 Å². The van der Waals surface area contributed by atoms with E-state index in [-0.39, 0.29) is 0 Å². The summed E-state index contributed by atoms with van der Waals surface area (Å²) in [5.74, 6) is 1.19. The zero-order valence-corrected chi connectivity index (χ0v) is 15.2. The predicted octanol–water partition coefficient (Wildman–Crippen LogP) is 4.93. The number of aromatic nitrogens is 1. The lowest BCUT2D eigenvalue weighted by Gasteiger charge is -2.02. The summed E-state index contributed by atoms with van der Waals surface area (Å²) in [5.41, 5.74) is 23.1. The average Bonchev–Trinajstić information content (AvgIpc) is 3.13. The summed E-state index contributed by atoms with van der Waals surface area (Å²) in [6, 6.07) is 22.7. The molecule has 0 saturated heterocycles. The first-order chi connectivity index (χ1) is 13.6. The number of oxazole rings is 1. The molecule has 0 saturated carbocycles. The van der Waals surface area contributed by atoms with Crippen LogP contribution in [0.3, 0.4) is 0 Å². The Balaban J connectivity index is 1.76. The van der Waals surface area contributed by atoms with Gasteiger partial charge in [-0.05, 0) is 60.2 Å². The van der Waals surface area contributed by atoms with Gasteiger partial charge in [0.15, 0.2) is 5.76 Å². The van der Waals surface area contributed by atoms with Gasteiger partial charge in [0.1, 0.15) is 5.69 Å². The van der Waals surface area contributed by atoms with Gasteiger partial charge in [0, 0.05) is 34.3 Å². The molecule has 4 aromatic rings. The minimum Gasteiger partial charge on any atom is -0.436 e. The van der Waals surface area contributed by atoms with Gasteiger partial charge < -0.3 is 21.6 Å². The van der Waals surface area contributed by atoms with Crippen molar-refractivity contribution in [3.05, 3.63) is 84.3 Å². The Labute approximate surface area is 163 Å². The second kappa shape index (κ2) is 7.32. The Kier molecular flexibility index (Phi) is 4.56. The van der Waals surface area contributed by atoms with Crippen LogP contribution in [0.1, 0.15) is 11.5 Å². The molecule has 6 N–H and O–H groups in total. The van der Waals surface area contributed by atoms with Crippen molar-refractivity contribution in [3.63, 3.8) is 0 Å². The lowest BCUT2D eigenvalue weighted by molar-refractivity contribution is 0.561. The maximum atomic E-state index is 6.08. The summed E-state index contributed by atoms with van der Waals surface area (Å²) in [5, 5.41) is 0. The fourth-order valence-corrected chi connectivity index (χ4v) is 2.85. The molecule has 5 nitrogen and oxygen atoms in total. The Bertz CT molecular complexity index is 1050. The molecule has 28 heavy (non-hydrogen) atoms. The summed E-state index contributed by atoms with van der Waals surface area (Å²) in [4.78, 5) is 4.69. The molecule has 0 aliphatic carbocycles. The molecule has 0 aliphatic heterocycles. The molecular formula is C23H20N4O. The first-order valence-electron chi connectivity index (χ1n) is 8.85. The standard InChI is InChI=1S/C23H20N4O/c24-18-8-1-15(2-9-18)3-14-21-27-22(16-4-10-19(25)11-5-16)23(28-21)17-6-12-20(26)13-7-17/h1-14H,24-26H2. The maximum absolute atomic E-state index is 6.08. The third-order valence-electron chi connectivity index (χ3n) is 4.36. The van der Waals surface area contributed by atoms with E-state index < -0.39 is 0 Å². The van der Waals surface area contributed by atoms with Crippen LogP contribution in [-0.2, 0) is 0 Å². The number of benzene rings is 3. The molecule has 0 spiro atoms. The number of nitrogens with zero attached hydrogens (tertiary/aromatic N) is 1. The molecule has 0 aliphatic rings. The van der Waals surface area contributed by atoms with Crippen molar-refractivity contribution in [3.8, 4) is 22.6 Å². The fourth-order valence-electron chi connectivity index (χ4n) is 2.85. The molecule has 5 heteroatoms. The molecule has 0 unspecified atom stereocenters. The van der Waals surface area contributed by atoms with Crippen LogP contribution in [0.2, 0.25) is 0 Å². The monoisotopic (exact) mass is 368 g/mol. The van der Waals surface area contributed by atoms with Gasteiger partial charge in [-0.25, -0.2) is 4.98 Å². The molecule has 0 atom stereocenters. The van der Waals surface area contributed by atoms with E-state index in [0.29, 0.717) is 23.0 Å². The Hall–Kier alpha value is -3.99. The topological polar surface area (TPSA) is 104 Å². The largest absolute Gasteiger partial charge is 0.436 e. The molecular weight excluding hydrogens is 348 g/mol. The van der Waals surface area contributed by atoms with Crippen LogP contribution >= 0.6 is 0 Å². The Morgan fingerprint density at radius 3 is 1.68 bits per heavy atom. The van der Waals surface area contributed by atoms with E-state index in [1.165, 1.54) is 0 Å². The van der Waals surface area contributed by atoms with Crippen molar-refractivity contribution >= 4 is 29.2 Å². The summed E-state index contributed by atoms with van der Waals surface area (Å²) < 4.78 is 6.08. The normalized spacial score (nSPS) is 11.1. The van der Waals surface area contributed by atoms with Crippen molar-refractivity contribution in [2.75, 3.05) is 17.2 Å². The average molecular weight is 368 g/mol. The van der Waals surface area contributed by atoms with Gasteiger partial charge in [0.2, 0.25) is 5.89 Å². The highest BCUT2D eigenvalue weighted by Crippen LogP contribution is 2.34. The van der Waals surface area contributed by atoms with Crippen molar-refractivity contribution in [1.82, 2.24) is 4.98 Å². The second-order valence-corrected chi connectivity index (χ2v) is 6.47. The van der Waals surface area contributed by atoms with Crippen molar-refractivity contribution < 1.29 is 4.42 Å². The van der Waals surface area contributed by atoms with E-state index in [9.17, 15) is 0 Å².